The Labute approximate surface area is 141 Å². The van der Waals surface area contributed by atoms with Gasteiger partial charge in [-0.05, 0) is 62.3 Å². The normalized spacial score (nSPS) is 12.5. The van der Waals surface area contributed by atoms with Gasteiger partial charge >= 0.3 is 15.1 Å². The molecule has 0 fully saturated rings. The van der Waals surface area contributed by atoms with E-state index in [0.717, 1.165) is 0 Å². The SMILES string of the molecule is CC(C)(C)[O][Al]([O]C(C)(C)C)[O]C(C)(C)C.[AlH3].[Li]. The first-order valence-electron chi connectivity index (χ1n) is 5.82. The monoisotopic (exact) mass is 283 g/mol. The Kier molecular flexibility index (Phi) is 11.9. The van der Waals surface area contributed by atoms with Crippen LogP contribution in [0.25, 0.3) is 0 Å². The third-order valence-electron chi connectivity index (χ3n) is 1.35. The minimum atomic E-state index is -2.11. The van der Waals surface area contributed by atoms with Gasteiger partial charge in [0.05, 0.1) is 0 Å². The smallest absolute Gasteiger partial charge is 0.450 e. The average Bonchev–Trinajstić information content (AvgIpc) is 1.70. The fourth-order valence-electron chi connectivity index (χ4n) is 0.938. The number of rotatable bonds is 3. The maximum Gasteiger partial charge on any atom is 0.906 e. The first-order chi connectivity index (χ1) is 6.79. The Hall–Kier alpha value is 1.54. The molecule has 0 heterocycles. The van der Waals surface area contributed by atoms with Crippen molar-refractivity contribution in [3.63, 3.8) is 0 Å². The molecule has 0 rings (SSSR count). The van der Waals surface area contributed by atoms with Crippen LogP contribution in [0.4, 0.5) is 0 Å². The van der Waals surface area contributed by atoms with Crippen molar-refractivity contribution >= 4 is 51.4 Å². The van der Waals surface area contributed by atoms with Crippen LogP contribution in [0.2, 0.25) is 0 Å². The van der Waals surface area contributed by atoms with E-state index in [1.807, 2.05) is 62.3 Å². The fourth-order valence-corrected chi connectivity index (χ4v) is 2.81. The van der Waals surface area contributed by atoms with Gasteiger partial charge in [0.15, 0.2) is 17.4 Å². The molecule has 0 unspecified atom stereocenters. The Bertz CT molecular complexity index is 179. The van der Waals surface area contributed by atoms with Crippen molar-refractivity contribution in [1.82, 2.24) is 0 Å². The maximum absolute atomic E-state index is 5.88. The first-order valence-corrected chi connectivity index (χ1v) is 7.23. The summed E-state index contributed by atoms with van der Waals surface area (Å²) >= 11 is -2.11. The third-order valence-corrected chi connectivity index (χ3v) is 4.05. The topological polar surface area (TPSA) is 27.7 Å². The van der Waals surface area contributed by atoms with Gasteiger partial charge in [-0.25, -0.2) is 0 Å². The largest absolute Gasteiger partial charge is 0.906 e. The van der Waals surface area contributed by atoms with E-state index in [2.05, 4.69) is 0 Å². The van der Waals surface area contributed by atoms with Crippen molar-refractivity contribution in [2.24, 2.45) is 0 Å². The summed E-state index contributed by atoms with van der Waals surface area (Å²) in [4.78, 5) is 0. The van der Waals surface area contributed by atoms with E-state index in [4.69, 9.17) is 11.4 Å². The van der Waals surface area contributed by atoms with Gasteiger partial charge in [-0.3, -0.25) is 0 Å². The van der Waals surface area contributed by atoms with E-state index in [-0.39, 0.29) is 53.0 Å². The zero-order valence-electron chi connectivity index (χ0n) is 13.3. The van der Waals surface area contributed by atoms with Gasteiger partial charge in [0.1, 0.15) is 0 Å². The number of hydrogen-bond donors (Lipinski definition) is 0. The second kappa shape index (κ2) is 8.75. The van der Waals surface area contributed by atoms with Crippen molar-refractivity contribution in [1.29, 1.82) is 0 Å². The molecule has 0 aromatic heterocycles. The van der Waals surface area contributed by atoms with Crippen molar-refractivity contribution in [3.05, 3.63) is 0 Å². The maximum atomic E-state index is 5.88. The van der Waals surface area contributed by atoms with Crippen molar-refractivity contribution < 1.29 is 11.4 Å². The molecule has 0 N–H and O–H groups in total. The molecule has 0 aromatic carbocycles. The molecule has 0 amide bonds. The minimum Gasteiger partial charge on any atom is -0.450 e. The molecule has 0 saturated heterocycles. The summed E-state index contributed by atoms with van der Waals surface area (Å²) in [6.07, 6.45) is 0. The molecule has 0 atom stereocenters. The Morgan fingerprint density at radius 3 is 0.833 bits per heavy atom. The van der Waals surface area contributed by atoms with Gasteiger partial charge in [-0.2, -0.15) is 0 Å². The molecular weight excluding hydrogens is 253 g/mol. The fraction of sp³-hybridized carbons (Fsp3) is 1.00. The summed E-state index contributed by atoms with van der Waals surface area (Å²) < 4.78 is 17.7. The van der Waals surface area contributed by atoms with E-state index < -0.39 is 15.1 Å². The zero-order valence-corrected chi connectivity index (χ0v) is 14.5. The van der Waals surface area contributed by atoms with Crippen LogP contribution in [-0.2, 0) is 11.4 Å². The van der Waals surface area contributed by atoms with Gasteiger partial charge < -0.3 is 11.4 Å². The van der Waals surface area contributed by atoms with Crippen LogP contribution in [0.15, 0.2) is 0 Å². The van der Waals surface area contributed by atoms with Gasteiger partial charge in [0.25, 0.3) is 0 Å². The Balaban J connectivity index is -0.00000112. The van der Waals surface area contributed by atoms with Gasteiger partial charge in [0, 0.05) is 35.7 Å². The molecule has 3 nitrogen and oxygen atoms in total. The molecule has 0 saturated carbocycles. The molecule has 0 bridgehead atoms. The van der Waals surface area contributed by atoms with Crippen LogP contribution >= 0.6 is 0 Å². The van der Waals surface area contributed by atoms with E-state index >= 15 is 0 Å². The summed E-state index contributed by atoms with van der Waals surface area (Å²) in [6, 6.07) is 0. The summed E-state index contributed by atoms with van der Waals surface area (Å²) in [7, 11) is 0. The van der Waals surface area contributed by atoms with Crippen LogP contribution < -0.4 is 0 Å². The number of hydrogen-bond acceptors (Lipinski definition) is 3. The Morgan fingerprint density at radius 2 is 0.722 bits per heavy atom. The van der Waals surface area contributed by atoms with Gasteiger partial charge in [-0.15, -0.1) is 0 Å². The zero-order chi connectivity index (χ0) is 13.2. The summed E-state index contributed by atoms with van der Waals surface area (Å²) in [5.41, 5.74) is -0.686. The minimum absolute atomic E-state index is 0. The molecule has 0 aliphatic carbocycles. The van der Waals surface area contributed by atoms with Crippen LogP contribution in [0, 0.1) is 0 Å². The molecule has 1 radical (unpaired) electrons. The van der Waals surface area contributed by atoms with Crippen molar-refractivity contribution in [3.8, 4) is 0 Å². The first kappa shape index (κ1) is 24.6. The average molecular weight is 283 g/mol. The van der Waals surface area contributed by atoms with E-state index in [9.17, 15) is 0 Å². The van der Waals surface area contributed by atoms with E-state index in [1.54, 1.807) is 0 Å². The predicted octanol–water partition coefficient (Wildman–Crippen LogP) is 1.85. The molecule has 0 aliphatic rings. The third kappa shape index (κ3) is 17.5. The standard InChI is InChI=1S/3C4H9O.2Al.Li.3H/c3*1-4(2,3)5;;;;;;/h3*1-3H3;;;;;;/q3*-1;;+3;;;;. The molecule has 18 heavy (non-hydrogen) atoms. The van der Waals surface area contributed by atoms with Crippen LogP contribution in [-0.4, -0.2) is 68.2 Å². The summed E-state index contributed by atoms with van der Waals surface area (Å²) in [6.45, 7) is 18.2. The summed E-state index contributed by atoms with van der Waals surface area (Å²) in [5.74, 6) is 0. The molecular formula is C12H30Al2LiO3. The Morgan fingerprint density at radius 1 is 0.556 bits per heavy atom. The van der Waals surface area contributed by atoms with Crippen LogP contribution in [0.1, 0.15) is 62.3 Å². The molecule has 6 heteroatoms. The van der Waals surface area contributed by atoms with Crippen LogP contribution in [0.3, 0.4) is 0 Å². The molecule has 0 spiro atoms. The van der Waals surface area contributed by atoms with E-state index in [0.29, 0.717) is 0 Å². The second-order valence-corrected chi connectivity index (χ2v) is 8.26. The molecule has 0 aliphatic heterocycles. The second-order valence-electron chi connectivity index (χ2n) is 6.98. The van der Waals surface area contributed by atoms with Gasteiger partial charge in [-0.1, -0.05) is 0 Å². The molecule has 103 valence electrons. The van der Waals surface area contributed by atoms with Crippen molar-refractivity contribution in [2.45, 2.75) is 79.1 Å². The summed E-state index contributed by atoms with van der Waals surface area (Å²) in [5, 5.41) is 0. The van der Waals surface area contributed by atoms with Gasteiger partial charge in [0.2, 0.25) is 0 Å². The van der Waals surface area contributed by atoms with E-state index in [1.165, 1.54) is 0 Å². The van der Waals surface area contributed by atoms with Crippen LogP contribution in [0.5, 0.6) is 0 Å². The van der Waals surface area contributed by atoms with Crippen molar-refractivity contribution in [2.75, 3.05) is 0 Å². The predicted molar refractivity (Wildman–Crippen MR) is 84.0 cm³/mol. The quantitative estimate of drug-likeness (QED) is 0.740. The molecule has 0 aromatic rings.